The average Bonchev–Trinajstić information content (AvgIpc) is 2.28. The molecule has 2 heteroatoms. The molecule has 0 saturated carbocycles. The second kappa shape index (κ2) is 6.24. The fraction of sp³-hybridized carbons (Fsp3) is 0.400. The summed E-state index contributed by atoms with van der Waals surface area (Å²) in [6.45, 7) is 11.1. The van der Waals surface area contributed by atoms with E-state index in [4.69, 9.17) is 0 Å². The van der Waals surface area contributed by atoms with Crippen molar-refractivity contribution in [1.82, 2.24) is 4.90 Å². The molecule has 0 unspecified atom stereocenters. The lowest BCUT2D eigenvalue weighted by Gasteiger charge is -2.24. The summed E-state index contributed by atoms with van der Waals surface area (Å²) >= 11 is 0. The molecule has 0 aromatic heterocycles. The number of hydrogen-bond acceptors (Lipinski definition) is 1. The van der Waals surface area contributed by atoms with Gasteiger partial charge in [-0.3, -0.25) is 4.79 Å². The predicted octanol–water partition coefficient (Wildman–Crippen LogP) is 3.25. The Balaban J connectivity index is 2.77. The summed E-state index contributed by atoms with van der Waals surface area (Å²) in [5.74, 6) is 0.504. The lowest BCUT2D eigenvalue weighted by molar-refractivity contribution is -0.128. The molecular formula is C15H21NO. The van der Waals surface area contributed by atoms with Crippen LogP contribution in [0.3, 0.4) is 0 Å². The van der Waals surface area contributed by atoms with E-state index in [0.29, 0.717) is 18.0 Å². The number of hydrogen-bond donors (Lipinski definition) is 0. The van der Waals surface area contributed by atoms with Gasteiger partial charge in [0.25, 0.3) is 0 Å². The van der Waals surface area contributed by atoms with Gasteiger partial charge in [0.1, 0.15) is 0 Å². The third-order valence-corrected chi connectivity index (χ3v) is 2.45. The molecule has 92 valence electrons. The molecule has 0 bridgehead atoms. The summed E-state index contributed by atoms with van der Waals surface area (Å²) in [7, 11) is 0. The molecule has 0 aliphatic heterocycles. The summed E-state index contributed by atoms with van der Waals surface area (Å²) in [5.41, 5.74) is 1.75. The molecule has 2 nitrogen and oxygen atoms in total. The molecule has 0 radical (unpaired) electrons. The van der Waals surface area contributed by atoms with Crippen molar-refractivity contribution >= 4 is 5.91 Å². The first-order valence-electron chi connectivity index (χ1n) is 5.99. The van der Waals surface area contributed by atoms with Crippen molar-refractivity contribution in [2.24, 2.45) is 5.92 Å². The van der Waals surface area contributed by atoms with Gasteiger partial charge >= 0.3 is 0 Å². The van der Waals surface area contributed by atoms with Gasteiger partial charge < -0.3 is 4.90 Å². The van der Waals surface area contributed by atoms with Crippen LogP contribution in [0.15, 0.2) is 42.5 Å². The number of carbonyl (C=O) groups is 1. The van der Waals surface area contributed by atoms with E-state index in [1.54, 1.807) is 6.92 Å². The first kappa shape index (κ1) is 13.5. The standard InChI is InChI=1S/C15H21NO/c1-12(2)10-16(15(17)13(3)4)11-14-8-6-5-7-9-14/h5-9,12H,3,10-11H2,1-2,4H3. The van der Waals surface area contributed by atoms with Crippen LogP contribution in [0.4, 0.5) is 0 Å². The summed E-state index contributed by atoms with van der Waals surface area (Å²) in [6, 6.07) is 10.1. The van der Waals surface area contributed by atoms with Crippen molar-refractivity contribution < 1.29 is 4.79 Å². The fourth-order valence-corrected chi connectivity index (χ4v) is 1.73. The van der Waals surface area contributed by atoms with E-state index >= 15 is 0 Å². The third kappa shape index (κ3) is 4.43. The summed E-state index contributed by atoms with van der Waals surface area (Å²) in [5, 5.41) is 0. The van der Waals surface area contributed by atoms with Gasteiger partial charge in [-0.25, -0.2) is 0 Å². The van der Waals surface area contributed by atoms with Crippen LogP contribution >= 0.6 is 0 Å². The van der Waals surface area contributed by atoms with E-state index in [0.717, 1.165) is 12.1 Å². The normalized spacial score (nSPS) is 10.4. The van der Waals surface area contributed by atoms with Gasteiger partial charge in [0, 0.05) is 18.7 Å². The van der Waals surface area contributed by atoms with Gasteiger partial charge in [0.05, 0.1) is 0 Å². The van der Waals surface area contributed by atoms with Crippen molar-refractivity contribution in [2.45, 2.75) is 27.3 Å². The Morgan fingerprint density at radius 2 is 1.88 bits per heavy atom. The van der Waals surface area contributed by atoms with Crippen LogP contribution in [0.2, 0.25) is 0 Å². The zero-order valence-electron chi connectivity index (χ0n) is 10.9. The molecule has 1 rings (SSSR count). The van der Waals surface area contributed by atoms with E-state index in [1.165, 1.54) is 0 Å². The maximum atomic E-state index is 12.0. The van der Waals surface area contributed by atoms with Crippen molar-refractivity contribution in [1.29, 1.82) is 0 Å². The number of rotatable bonds is 5. The minimum Gasteiger partial charge on any atom is -0.334 e. The van der Waals surface area contributed by atoms with Gasteiger partial charge in [0.2, 0.25) is 5.91 Å². The number of carbonyl (C=O) groups excluding carboxylic acids is 1. The Bertz CT molecular complexity index is 381. The number of benzene rings is 1. The molecule has 1 aromatic carbocycles. The topological polar surface area (TPSA) is 20.3 Å². The van der Waals surface area contributed by atoms with Crippen LogP contribution in [0, 0.1) is 5.92 Å². The predicted molar refractivity (Wildman–Crippen MR) is 71.5 cm³/mol. The van der Waals surface area contributed by atoms with Crippen molar-refractivity contribution in [3.8, 4) is 0 Å². The van der Waals surface area contributed by atoms with Crippen LogP contribution in [-0.4, -0.2) is 17.4 Å². The molecule has 17 heavy (non-hydrogen) atoms. The molecular weight excluding hydrogens is 210 g/mol. The van der Waals surface area contributed by atoms with Crippen molar-refractivity contribution in [3.05, 3.63) is 48.0 Å². The van der Waals surface area contributed by atoms with E-state index in [2.05, 4.69) is 20.4 Å². The quantitative estimate of drug-likeness (QED) is 0.712. The van der Waals surface area contributed by atoms with Crippen LogP contribution < -0.4 is 0 Å². The highest BCUT2D eigenvalue weighted by atomic mass is 16.2. The highest BCUT2D eigenvalue weighted by Crippen LogP contribution is 2.10. The van der Waals surface area contributed by atoms with E-state index in [-0.39, 0.29) is 5.91 Å². The lowest BCUT2D eigenvalue weighted by Crippen LogP contribution is -2.34. The maximum Gasteiger partial charge on any atom is 0.249 e. The summed E-state index contributed by atoms with van der Waals surface area (Å²) in [6.07, 6.45) is 0. The summed E-state index contributed by atoms with van der Waals surface area (Å²) < 4.78 is 0. The summed E-state index contributed by atoms with van der Waals surface area (Å²) in [4.78, 5) is 13.9. The SMILES string of the molecule is C=C(C)C(=O)N(Cc1ccccc1)CC(C)C. The van der Waals surface area contributed by atoms with Crippen LogP contribution in [0.1, 0.15) is 26.3 Å². The zero-order chi connectivity index (χ0) is 12.8. The number of nitrogens with zero attached hydrogens (tertiary/aromatic N) is 1. The van der Waals surface area contributed by atoms with E-state index in [9.17, 15) is 4.79 Å². The highest BCUT2D eigenvalue weighted by molar-refractivity contribution is 5.92. The van der Waals surface area contributed by atoms with Gasteiger partial charge in [-0.2, -0.15) is 0 Å². The maximum absolute atomic E-state index is 12.0. The average molecular weight is 231 g/mol. The number of amides is 1. The van der Waals surface area contributed by atoms with Crippen LogP contribution in [0.25, 0.3) is 0 Å². The molecule has 0 aliphatic rings. The first-order chi connectivity index (χ1) is 8.00. The molecule has 0 fully saturated rings. The molecule has 0 N–H and O–H groups in total. The zero-order valence-corrected chi connectivity index (χ0v) is 10.9. The van der Waals surface area contributed by atoms with Crippen molar-refractivity contribution in [2.75, 3.05) is 6.54 Å². The molecule has 0 heterocycles. The Morgan fingerprint density at radius 1 is 1.29 bits per heavy atom. The van der Waals surface area contributed by atoms with Crippen molar-refractivity contribution in [3.63, 3.8) is 0 Å². The molecule has 0 spiro atoms. The van der Waals surface area contributed by atoms with Gasteiger partial charge in [-0.15, -0.1) is 0 Å². The second-order valence-electron chi connectivity index (χ2n) is 4.85. The Hall–Kier alpha value is -1.57. The van der Waals surface area contributed by atoms with Gasteiger partial charge in [-0.05, 0) is 18.4 Å². The highest BCUT2D eigenvalue weighted by Gasteiger charge is 2.15. The van der Waals surface area contributed by atoms with Gasteiger partial charge in [0.15, 0.2) is 0 Å². The minimum atomic E-state index is 0.0440. The Labute approximate surface area is 104 Å². The van der Waals surface area contributed by atoms with Crippen LogP contribution in [0.5, 0.6) is 0 Å². The first-order valence-corrected chi connectivity index (χ1v) is 5.99. The third-order valence-electron chi connectivity index (χ3n) is 2.45. The molecule has 0 saturated heterocycles. The molecule has 0 aliphatic carbocycles. The Kier molecular flexibility index (Phi) is 4.95. The smallest absolute Gasteiger partial charge is 0.249 e. The lowest BCUT2D eigenvalue weighted by atomic mass is 10.1. The Morgan fingerprint density at radius 3 is 2.35 bits per heavy atom. The van der Waals surface area contributed by atoms with E-state index in [1.807, 2.05) is 35.2 Å². The minimum absolute atomic E-state index is 0.0440. The second-order valence-corrected chi connectivity index (χ2v) is 4.85. The molecule has 1 aromatic rings. The molecule has 0 atom stereocenters. The van der Waals surface area contributed by atoms with E-state index < -0.39 is 0 Å². The largest absolute Gasteiger partial charge is 0.334 e. The monoisotopic (exact) mass is 231 g/mol. The van der Waals surface area contributed by atoms with Crippen LogP contribution in [-0.2, 0) is 11.3 Å². The molecule has 1 amide bonds. The fourth-order valence-electron chi connectivity index (χ4n) is 1.73. The van der Waals surface area contributed by atoms with Gasteiger partial charge in [-0.1, -0.05) is 50.8 Å².